The Bertz CT molecular complexity index is 639. The number of fused-ring (bicyclic) bond motifs is 1. The van der Waals surface area contributed by atoms with Crippen molar-refractivity contribution in [2.45, 2.75) is 5.92 Å². The molecular formula is C16H13ClO3. The molecule has 1 heterocycles. The summed E-state index contributed by atoms with van der Waals surface area (Å²) in [7, 11) is 0. The van der Waals surface area contributed by atoms with Gasteiger partial charge < -0.3 is 9.47 Å². The van der Waals surface area contributed by atoms with Crippen LogP contribution in [0.5, 0.6) is 11.5 Å². The largest absolute Gasteiger partial charge is 0.493 e. The van der Waals surface area contributed by atoms with E-state index in [0.29, 0.717) is 29.5 Å². The minimum absolute atomic E-state index is 0.182. The molecule has 1 atom stereocenters. The van der Waals surface area contributed by atoms with Crippen molar-refractivity contribution in [3.05, 3.63) is 58.6 Å². The fourth-order valence-corrected chi connectivity index (χ4v) is 2.48. The molecule has 0 amide bonds. The van der Waals surface area contributed by atoms with Gasteiger partial charge in [-0.1, -0.05) is 29.8 Å². The second-order valence-corrected chi connectivity index (χ2v) is 5.09. The maximum Gasteiger partial charge on any atom is 0.153 e. The average Bonchev–Trinajstić information content (AvgIpc) is 2.89. The minimum Gasteiger partial charge on any atom is -0.493 e. The first-order chi connectivity index (χ1) is 9.78. The van der Waals surface area contributed by atoms with Crippen molar-refractivity contribution in [1.29, 1.82) is 0 Å². The number of benzene rings is 2. The van der Waals surface area contributed by atoms with E-state index in [-0.39, 0.29) is 5.92 Å². The zero-order valence-electron chi connectivity index (χ0n) is 10.7. The SMILES string of the molecule is O=Cc1cc(Cl)ccc1OCC1COc2ccccc21. The van der Waals surface area contributed by atoms with Gasteiger partial charge in [-0.25, -0.2) is 0 Å². The van der Waals surface area contributed by atoms with Crippen molar-refractivity contribution in [2.24, 2.45) is 0 Å². The monoisotopic (exact) mass is 288 g/mol. The fraction of sp³-hybridized carbons (Fsp3) is 0.188. The molecule has 2 aromatic carbocycles. The number of ether oxygens (including phenoxy) is 2. The smallest absolute Gasteiger partial charge is 0.153 e. The van der Waals surface area contributed by atoms with E-state index in [0.717, 1.165) is 17.6 Å². The lowest BCUT2D eigenvalue weighted by atomic mass is 10.0. The van der Waals surface area contributed by atoms with Crippen molar-refractivity contribution in [3.8, 4) is 11.5 Å². The lowest BCUT2D eigenvalue weighted by Gasteiger charge is -2.12. The van der Waals surface area contributed by atoms with E-state index in [1.165, 1.54) is 0 Å². The molecule has 0 saturated carbocycles. The molecule has 2 aromatic rings. The van der Waals surface area contributed by atoms with Gasteiger partial charge >= 0.3 is 0 Å². The summed E-state index contributed by atoms with van der Waals surface area (Å²) in [5, 5.41) is 0.522. The molecule has 20 heavy (non-hydrogen) atoms. The number of para-hydroxylation sites is 1. The zero-order chi connectivity index (χ0) is 13.9. The van der Waals surface area contributed by atoms with Crippen molar-refractivity contribution in [1.82, 2.24) is 0 Å². The Hall–Kier alpha value is -2.00. The standard InChI is InChI=1S/C16H13ClO3/c17-13-5-6-15(11(7-13)8-18)19-9-12-10-20-16-4-2-1-3-14(12)16/h1-8,12H,9-10H2. The van der Waals surface area contributed by atoms with E-state index in [9.17, 15) is 4.79 Å². The van der Waals surface area contributed by atoms with Gasteiger partial charge in [0, 0.05) is 10.6 Å². The fourth-order valence-electron chi connectivity index (χ4n) is 2.30. The molecule has 0 radical (unpaired) electrons. The van der Waals surface area contributed by atoms with Crippen LogP contribution in [0.4, 0.5) is 0 Å². The molecule has 1 unspecified atom stereocenters. The molecule has 4 heteroatoms. The minimum atomic E-state index is 0.182. The topological polar surface area (TPSA) is 35.5 Å². The highest BCUT2D eigenvalue weighted by atomic mass is 35.5. The van der Waals surface area contributed by atoms with Crippen LogP contribution in [0.3, 0.4) is 0 Å². The van der Waals surface area contributed by atoms with Crippen LogP contribution in [0, 0.1) is 0 Å². The molecule has 3 nitrogen and oxygen atoms in total. The molecule has 1 aliphatic heterocycles. The first kappa shape index (κ1) is 13.0. The summed E-state index contributed by atoms with van der Waals surface area (Å²) in [5.74, 6) is 1.64. The molecule has 1 aliphatic rings. The molecule has 102 valence electrons. The van der Waals surface area contributed by atoms with E-state index < -0.39 is 0 Å². The number of rotatable bonds is 4. The Labute approximate surface area is 122 Å². The summed E-state index contributed by atoms with van der Waals surface area (Å²) in [5.41, 5.74) is 1.61. The molecule has 0 saturated heterocycles. The van der Waals surface area contributed by atoms with Crippen molar-refractivity contribution >= 4 is 17.9 Å². The lowest BCUT2D eigenvalue weighted by Crippen LogP contribution is -2.12. The van der Waals surface area contributed by atoms with E-state index in [1.807, 2.05) is 24.3 Å². The van der Waals surface area contributed by atoms with Crippen LogP contribution < -0.4 is 9.47 Å². The molecule has 0 N–H and O–H groups in total. The van der Waals surface area contributed by atoms with Gasteiger partial charge in [-0.05, 0) is 24.3 Å². The maximum atomic E-state index is 11.0. The Kier molecular flexibility index (Phi) is 3.61. The average molecular weight is 289 g/mol. The van der Waals surface area contributed by atoms with E-state index >= 15 is 0 Å². The summed E-state index contributed by atoms with van der Waals surface area (Å²) in [4.78, 5) is 11.0. The number of halogens is 1. The van der Waals surface area contributed by atoms with Crippen LogP contribution in [0.15, 0.2) is 42.5 Å². The van der Waals surface area contributed by atoms with Gasteiger partial charge in [0.15, 0.2) is 6.29 Å². The second kappa shape index (κ2) is 5.55. The lowest BCUT2D eigenvalue weighted by molar-refractivity contribution is 0.111. The number of hydrogen-bond acceptors (Lipinski definition) is 3. The van der Waals surface area contributed by atoms with Gasteiger partial charge in [-0.15, -0.1) is 0 Å². The van der Waals surface area contributed by atoms with Gasteiger partial charge in [0.25, 0.3) is 0 Å². The van der Waals surface area contributed by atoms with Crippen molar-refractivity contribution < 1.29 is 14.3 Å². The summed E-state index contributed by atoms with van der Waals surface area (Å²) >= 11 is 5.86. The van der Waals surface area contributed by atoms with Crippen LogP contribution in [0.1, 0.15) is 21.8 Å². The summed E-state index contributed by atoms with van der Waals surface area (Å²) in [6, 6.07) is 13.0. The summed E-state index contributed by atoms with van der Waals surface area (Å²) < 4.78 is 11.4. The second-order valence-electron chi connectivity index (χ2n) is 4.66. The molecule has 0 aliphatic carbocycles. The maximum absolute atomic E-state index is 11.0. The predicted octanol–water partition coefficient (Wildman–Crippen LogP) is 3.71. The first-order valence-corrected chi connectivity index (χ1v) is 6.75. The van der Waals surface area contributed by atoms with Crippen molar-refractivity contribution in [3.63, 3.8) is 0 Å². The van der Waals surface area contributed by atoms with Gasteiger partial charge in [0.1, 0.15) is 11.5 Å². The molecular weight excluding hydrogens is 276 g/mol. The van der Waals surface area contributed by atoms with Gasteiger partial charge in [-0.3, -0.25) is 4.79 Å². The third-order valence-electron chi connectivity index (χ3n) is 3.34. The Morgan fingerprint density at radius 1 is 1.30 bits per heavy atom. The third-order valence-corrected chi connectivity index (χ3v) is 3.57. The van der Waals surface area contributed by atoms with E-state index in [1.54, 1.807) is 18.2 Å². The zero-order valence-corrected chi connectivity index (χ0v) is 11.5. The number of hydrogen-bond donors (Lipinski definition) is 0. The Morgan fingerprint density at radius 2 is 2.15 bits per heavy atom. The molecule has 0 fully saturated rings. The van der Waals surface area contributed by atoms with E-state index in [2.05, 4.69) is 0 Å². The number of aldehydes is 1. The van der Waals surface area contributed by atoms with Crippen molar-refractivity contribution in [2.75, 3.05) is 13.2 Å². The first-order valence-electron chi connectivity index (χ1n) is 6.37. The van der Waals surface area contributed by atoms with E-state index in [4.69, 9.17) is 21.1 Å². The highest BCUT2D eigenvalue weighted by molar-refractivity contribution is 6.30. The Balaban J connectivity index is 1.74. The molecule has 0 bridgehead atoms. The number of carbonyl (C=O) groups excluding carboxylic acids is 1. The van der Waals surface area contributed by atoms with Crippen LogP contribution in [0.2, 0.25) is 5.02 Å². The third kappa shape index (κ3) is 2.49. The summed E-state index contributed by atoms with van der Waals surface area (Å²) in [6.07, 6.45) is 0.750. The normalized spacial score (nSPS) is 16.4. The molecule has 3 rings (SSSR count). The van der Waals surface area contributed by atoms with Gasteiger partial charge in [0.05, 0.1) is 24.7 Å². The van der Waals surface area contributed by atoms with Gasteiger partial charge in [0.2, 0.25) is 0 Å². The Morgan fingerprint density at radius 3 is 3.00 bits per heavy atom. The number of carbonyl (C=O) groups is 1. The molecule has 0 spiro atoms. The highest BCUT2D eigenvalue weighted by Crippen LogP contribution is 2.34. The quantitative estimate of drug-likeness (QED) is 0.805. The van der Waals surface area contributed by atoms with Crippen LogP contribution in [-0.2, 0) is 0 Å². The molecule has 0 aromatic heterocycles. The van der Waals surface area contributed by atoms with Crippen LogP contribution >= 0.6 is 11.6 Å². The highest BCUT2D eigenvalue weighted by Gasteiger charge is 2.24. The predicted molar refractivity (Wildman–Crippen MR) is 77.0 cm³/mol. The van der Waals surface area contributed by atoms with Gasteiger partial charge in [-0.2, -0.15) is 0 Å². The van der Waals surface area contributed by atoms with Crippen LogP contribution in [-0.4, -0.2) is 19.5 Å². The summed E-state index contributed by atoms with van der Waals surface area (Å²) in [6.45, 7) is 1.07. The van der Waals surface area contributed by atoms with Crippen LogP contribution in [0.25, 0.3) is 0 Å².